The van der Waals surface area contributed by atoms with Gasteiger partial charge < -0.3 is 19.5 Å². The first-order valence-electron chi connectivity index (χ1n) is 11.8. The van der Waals surface area contributed by atoms with E-state index in [2.05, 4.69) is 16.0 Å². The molecule has 5 rings (SSSR count). The highest BCUT2D eigenvalue weighted by Gasteiger charge is 2.43. The van der Waals surface area contributed by atoms with Gasteiger partial charge in [-0.05, 0) is 55.0 Å². The molecule has 1 unspecified atom stereocenters. The Hall–Kier alpha value is -2.74. The van der Waals surface area contributed by atoms with Gasteiger partial charge in [0, 0.05) is 43.9 Å². The Morgan fingerprint density at radius 1 is 1.09 bits per heavy atom. The minimum Gasteiger partial charge on any atom is -0.378 e. The van der Waals surface area contributed by atoms with E-state index in [1.165, 1.54) is 23.5 Å². The fourth-order valence-corrected chi connectivity index (χ4v) is 5.60. The van der Waals surface area contributed by atoms with Crippen LogP contribution in [0.1, 0.15) is 59.6 Å². The van der Waals surface area contributed by atoms with Crippen molar-refractivity contribution in [2.75, 3.05) is 31.2 Å². The number of ether oxygens (including phenoxy) is 1. The molecular weight excluding hydrogens is 428 g/mol. The number of carbonyl (C=O) groups is 1. The van der Waals surface area contributed by atoms with Gasteiger partial charge >= 0.3 is 0 Å². The summed E-state index contributed by atoms with van der Waals surface area (Å²) in [7, 11) is 0. The lowest BCUT2D eigenvalue weighted by atomic mass is 9.89. The van der Waals surface area contributed by atoms with E-state index in [0.717, 1.165) is 31.5 Å². The van der Waals surface area contributed by atoms with Gasteiger partial charge in [-0.25, -0.2) is 8.78 Å². The van der Waals surface area contributed by atoms with Crippen LogP contribution < -0.4 is 10.5 Å². The number of morpholine rings is 1. The number of amides is 1. The van der Waals surface area contributed by atoms with Crippen LogP contribution >= 0.6 is 0 Å². The third kappa shape index (κ3) is 4.28. The lowest BCUT2D eigenvalue weighted by Crippen LogP contribution is -2.47. The van der Waals surface area contributed by atoms with Gasteiger partial charge in [-0.3, -0.25) is 9.59 Å². The molecule has 1 N–H and O–H groups in total. The number of hydrogen-bond donors (Lipinski definition) is 1. The Kier molecular flexibility index (Phi) is 5.95. The number of rotatable bonds is 4. The van der Waals surface area contributed by atoms with Gasteiger partial charge in [-0.2, -0.15) is 0 Å². The molecular formula is C25H29F2N3O3. The lowest BCUT2D eigenvalue weighted by molar-refractivity contribution is -0.0548. The third-order valence-corrected chi connectivity index (χ3v) is 7.26. The van der Waals surface area contributed by atoms with Crippen LogP contribution in [-0.2, 0) is 11.2 Å². The van der Waals surface area contributed by atoms with E-state index in [1.54, 1.807) is 11.0 Å². The maximum absolute atomic E-state index is 13.9. The van der Waals surface area contributed by atoms with E-state index >= 15 is 0 Å². The highest BCUT2D eigenvalue weighted by molar-refractivity contribution is 5.94. The molecule has 2 fully saturated rings. The molecule has 0 bridgehead atoms. The van der Waals surface area contributed by atoms with Crippen molar-refractivity contribution in [3.05, 3.63) is 63.6 Å². The lowest BCUT2D eigenvalue weighted by Gasteiger charge is -2.40. The van der Waals surface area contributed by atoms with Crippen molar-refractivity contribution in [3.8, 4) is 0 Å². The second kappa shape index (κ2) is 8.89. The molecule has 1 saturated carbocycles. The van der Waals surface area contributed by atoms with E-state index in [4.69, 9.17) is 4.74 Å². The molecule has 2 aliphatic carbocycles. The van der Waals surface area contributed by atoms with Gasteiger partial charge in [0.1, 0.15) is 5.56 Å². The summed E-state index contributed by atoms with van der Waals surface area (Å²) in [6.45, 7) is 3.01. The van der Waals surface area contributed by atoms with Crippen LogP contribution in [0, 0.1) is 0 Å². The van der Waals surface area contributed by atoms with Crippen LogP contribution in [0.4, 0.5) is 14.5 Å². The topological polar surface area (TPSA) is 65.6 Å². The summed E-state index contributed by atoms with van der Waals surface area (Å²) in [5.74, 6) is -3.06. The number of fused-ring (bicyclic) bond motifs is 1. The summed E-state index contributed by atoms with van der Waals surface area (Å²) >= 11 is 0. The van der Waals surface area contributed by atoms with Gasteiger partial charge in [0.2, 0.25) is 5.92 Å². The van der Waals surface area contributed by atoms with Crippen molar-refractivity contribution in [1.29, 1.82) is 0 Å². The third-order valence-electron chi connectivity index (χ3n) is 7.26. The molecule has 0 radical (unpaired) electrons. The zero-order valence-electron chi connectivity index (χ0n) is 18.6. The van der Waals surface area contributed by atoms with Crippen LogP contribution in [-0.4, -0.2) is 54.1 Å². The van der Waals surface area contributed by atoms with Crippen LogP contribution in [0.2, 0.25) is 0 Å². The number of pyridine rings is 1. The number of benzene rings is 1. The fraction of sp³-hybridized carbons (Fsp3) is 0.520. The molecule has 1 aromatic heterocycles. The summed E-state index contributed by atoms with van der Waals surface area (Å²) in [4.78, 5) is 32.8. The number of aromatic nitrogens is 1. The van der Waals surface area contributed by atoms with Crippen molar-refractivity contribution in [3.63, 3.8) is 0 Å². The van der Waals surface area contributed by atoms with Crippen molar-refractivity contribution < 1.29 is 18.3 Å². The minimum absolute atomic E-state index is 0.0626. The maximum atomic E-state index is 13.9. The predicted molar refractivity (Wildman–Crippen MR) is 121 cm³/mol. The predicted octanol–water partition coefficient (Wildman–Crippen LogP) is 3.92. The molecule has 176 valence electrons. The normalized spacial score (nSPS) is 22.7. The standard InChI is InChI=1S/C25H29F2N3O3/c26-25(27)10-8-17(9-11-25)30(24(32)20-4-2-12-28-23(20)31)22-7-6-19-18(22)3-1-5-21(19)29-13-15-33-16-14-29/h1-5,12,17,22H,6-11,13-16H2,(H,28,31). The molecule has 3 aliphatic rings. The fourth-order valence-electron chi connectivity index (χ4n) is 5.60. The van der Waals surface area contributed by atoms with Gasteiger partial charge in [0.15, 0.2) is 0 Å². The first-order valence-corrected chi connectivity index (χ1v) is 11.8. The Balaban J connectivity index is 1.51. The minimum atomic E-state index is -2.69. The van der Waals surface area contributed by atoms with Crippen LogP contribution in [0.5, 0.6) is 0 Å². The molecule has 8 heteroatoms. The molecule has 2 aromatic rings. The highest BCUT2D eigenvalue weighted by Crippen LogP contribution is 2.45. The summed E-state index contributed by atoms with van der Waals surface area (Å²) < 4.78 is 33.4. The number of carbonyl (C=O) groups excluding carboxylic acids is 1. The first-order chi connectivity index (χ1) is 15.9. The monoisotopic (exact) mass is 457 g/mol. The van der Waals surface area contributed by atoms with E-state index in [1.807, 2.05) is 12.1 Å². The number of H-pyrrole nitrogens is 1. The maximum Gasteiger partial charge on any atom is 0.260 e. The number of nitrogens with zero attached hydrogens (tertiary/aromatic N) is 2. The van der Waals surface area contributed by atoms with E-state index in [0.29, 0.717) is 13.2 Å². The Morgan fingerprint density at radius 2 is 1.85 bits per heavy atom. The Bertz CT molecular complexity index is 1070. The average Bonchev–Trinajstić information content (AvgIpc) is 3.25. The van der Waals surface area contributed by atoms with Gasteiger partial charge in [-0.1, -0.05) is 12.1 Å². The Morgan fingerprint density at radius 3 is 2.58 bits per heavy atom. The van der Waals surface area contributed by atoms with Crippen molar-refractivity contribution in [2.45, 2.75) is 56.5 Å². The molecule has 0 spiro atoms. The SMILES string of the molecule is O=C(c1ccc[nH]c1=O)N(C1CCC(F)(F)CC1)C1CCc2c1cccc2N1CCOCC1. The number of nitrogens with one attached hydrogen (secondary N) is 1. The van der Waals surface area contributed by atoms with Crippen molar-refractivity contribution in [2.24, 2.45) is 0 Å². The molecule has 1 aliphatic heterocycles. The molecule has 6 nitrogen and oxygen atoms in total. The summed E-state index contributed by atoms with van der Waals surface area (Å²) in [6, 6.07) is 8.76. The molecule has 33 heavy (non-hydrogen) atoms. The molecule has 1 atom stereocenters. The highest BCUT2D eigenvalue weighted by atomic mass is 19.3. The van der Waals surface area contributed by atoms with E-state index < -0.39 is 11.5 Å². The zero-order valence-corrected chi connectivity index (χ0v) is 18.6. The number of anilines is 1. The average molecular weight is 458 g/mol. The molecule has 2 heterocycles. The number of alkyl halides is 2. The Labute approximate surface area is 191 Å². The van der Waals surface area contributed by atoms with Crippen molar-refractivity contribution >= 4 is 11.6 Å². The quantitative estimate of drug-likeness (QED) is 0.756. The number of aromatic amines is 1. The molecule has 1 aromatic carbocycles. The number of halogens is 2. The summed E-state index contributed by atoms with van der Waals surface area (Å²) in [5.41, 5.74) is 3.06. The van der Waals surface area contributed by atoms with E-state index in [-0.39, 0.29) is 49.2 Å². The van der Waals surface area contributed by atoms with Crippen LogP contribution in [0.25, 0.3) is 0 Å². The first kappa shape index (κ1) is 22.1. The molecule has 1 saturated heterocycles. The zero-order chi connectivity index (χ0) is 23.0. The molecule has 1 amide bonds. The van der Waals surface area contributed by atoms with Crippen LogP contribution in [0.15, 0.2) is 41.3 Å². The van der Waals surface area contributed by atoms with Crippen molar-refractivity contribution in [1.82, 2.24) is 9.88 Å². The second-order valence-electron chi connectivity index (χ2n) is 9.21. The smallest absolute Gasteiger partial charge is 0.260 e. The summed E-state index contributed by atoms with van der Waals surface area (Å²) in [5, 5.41) is 0. The van der Waals surface area contributed by atoms with Gasteiger partial charge in [0.05, 0.1) is 19.3 Å². The van der Waals surface area contributed by atoms with Gasteiger partial charge in [0.25, 0.3) is 11.5 Å². The largest absolute Gasteiger partial charge is 0.378 e. The van der Waals surface area contributed by atoms with Crippen LogP contribution in [0.3, 0.4) is 0 Å². The second-order valence-corrected chi connectivity index (χ2v) is 9.21. The number of hydrogen-bond acceptors (Lipinski definition) is 4. The summed E-state index contributed by atoms with van der Waals surface area (Å²) in [6.07, 6.45) is 3.02. The van der Waals surface area contributed by atoms with E-state index in [9.17, 15) is 18.4 Å². The van der Waals surface area contributed by atoms with Gasteiger partial charge in [-0.15, -0.1) is 0 Å².